The van der Waals surface area contributed by atoms with E-state index in [4.69, 9.17) is 15.0 Å². The van der Waals surface area contributed by atoms with E-state index in [1.807, 2.05) is 0 Å². The second-order valence-corrected chi connectivity index (χ2v) is 3.55. The number of fused-ring (bicyclic) bond motifs is 5. The molecule has 66 valence electrons. The quantitative estimate of drug-likeness (QED) is 0.461. The van der Waals surface area contributed by atoms with Gasteiger partial charge >= 0.3 is 0 Å². The fraction of sp³-hybridized carbons (Fsp3) is 0.800. The zero-order valence-electron chi connectivity index (χ0n) is 11.2. The van der Waals surface area contributed by atoms with Crippen LogP contribution in [0.15, 0.2) is 12.1 Å². The third-order valence-corrected chi connectivity index (χ3v) is 3.15. The molecule has 0 saturated heterocycles. The first-order valence-corrected chi connectivity index (χ1v) is 4.20. The maximum atomic E-state index is 8.45. The highest BCUT2D eigenvalue weighted by Crippen LogP contribution is 2.68. The Morgan fingerprint density at radius 1 is 1.33 bits per heavy atom. The summed E-state index contributed by atoms with van der Waals surface area (Å²) in [6.07, 6.45) is 0.728. The molecule has 0 N–H and O–H groups in total. The topological polar surface area (TPSA) is 18.5 Å². The monoisotopic (exact) mass is 170 g/mol. The van der Waals surface area contributed by atoms with Gasteiger partial charge in [0.25, 0.3) is 0 Å². The van der Waals surface area contributed by atoms with Crippen LogP contribution in [0.3, 0.4) is 0 Å². The van der Waals surface area contributed by atoms with Crippen LogP contribution in [0.5, 0.6) is 0 Å². The van der Waals surface area contributed by atoms with Crippen molar-refractivity contribution >= 4 is 0 Å². The highest BCUT2D eigenvalue weighted by atomic mass is 16.7. The van der Waals surface area contributed by atoms with E-state index in [1.54, 1.807) is 0 Å². The van der Waals surface area contributed by atoms with Crippen LogP contribution in [-0.4, -0.2) is 20.0 Å². The summed E-state index contributed by atoms with van der Waals surface area (Å²) < 4.78 is 43.3. The van der Waals surface area contributed by atoms with E-state index in [9.17, 15) is 0 Å². The van der Waals surface area contributed by atoms with Gasteiger partial charge in [-0.05, 0) is 18.3 Å². The van der Waals surface area contributed by atoms with Crippen molar-refractivity contribution in [2.24, 2.45) is 23.6 Å². The molecule has 3 aliphatic carbocycles. The van der Waals surface area contributed by atoms with Crippen LogP contribution in [0.4, 0.5) is 0 Å². The molecule has 3 rings (SSSR count). The molecule has 3 aliphatic rings. The summed E-state index contributed by atoms with van der Waals surface area (Å²) in [4.78, 5) is 0. The molecule has 0 unspecified atom stereocenters. The lowest BCUT2D eigenvalue weighted by Gasteiger charge is -2.33. The minimum atomic E-state index is -1.47. The Labute approximate surface area is 78.2 Å². The second-order valence-electron chi connectivity index (χ2n) is 3.55. The van der Waals surface area contributed by atoms with Gasteiger partial charge in [0.05, 0.1) is 2.74 Å². The normalized spacial score (nSPS) is 69.8. The van der Waals surface area contributed by atoms with Gasteiger partial charge in [0.2, 0.25) is 0 Å². The largest absolute Gasteiger partial charge is 0.352 e. The standard InChI is InChI=1S/C10H14O2/c1-11-10(12-2)8-3-4-9(10)7-5-6(7)8/h3-4,6-9H,5H2,1-2H3/t6-,7+,8-,9+/i3D,4D,8D,9D. The van der Waals surface area contributed by atoms with Gasteiger partial charge in [-0.2, -0.15) is 0 Å². The van der Waals surface area contributed by atoms with Gasteiger partial charge < -0.3 is 9.47 Å². The molecule has 0 aromatic rings. The summed E-state index contributed by atoms with van der Waals surface area (Å²) in [6.45, 7) is 0. The van der Waals surface area contributed by atoms with Gasteiger partial charge in [0, 0.05) is 28.7 Å². The number of hydrogen-bond donors (Lipinski definition) is 0. The van der Waals surface area contributed by atoms with Gasteiger partial charge in [-0.25, -0.2) is 0 Å². The first kappa shape index (κ1) is 4.25. The SMILES string of the molecule is [2H]C1=C([2H])[C@]2([2H])[C@@H]3C[C@@H]3[C@@]1([2H])C2(OC)OC. The van der Waals surface area contributed by atoms with Crippen molar-refractivity contribution < 1.29 is 15.0 Å². The van der Waals surface area contributed by atoms with Crippen molar-refractivity contribution in [2.75, 3.05) is 14.2 Å². The van der Waals surface area contributed by atoms with Gasteiger partial charge in [-0.15, -0.1) is 0 Å². The summed E-state index contributed by atoms with van der Waals surface area (Å²) in [5, 5.41) is 0. The second kappa shape index (κ2) is 1.94. The first-order chi connectivity index (χ1) is 7.41. The zero-order chi connectivity index (χ0) is 11.9. The molecule has 2 fully saturated rings. The van der Waals surface area contributed by atoms with E-state index >= 15 is 0 Å². The van der Waals surface area contributed by atoms with Crippen LogP contribution in [0, 0.1) is 23.6 Å². The third kappa shape index (κ3) is 0.539. The lowest BCUT2D eigenvalue weighted by molar-refractivity contribution is -0.238. The van der Waals surface area contributed by atoms with Gasteiger partial charge in [0.1, 0.15) is 0 Å². The fourth-order valence-corrected chi connectivity index (χ4v) is 2.47. The predicted molar refractivity (Wildman–Crippen MR) is 44.5 cm³/mol. The molecule has 0 aromatic heterocycles. The molecule has 0 aromatic carbocycles. The number of hydrogen-bond acceptors (Lipinski definition) is 2. The summed E-state index contributed by atoms with van der Waals surface area (Å²) >= 11 is 0. The lowest BCUT2D eigenvalue weighted by atomic mass is 9.97. The minimum Gasteiger partial charge on any atom is -0.352 e. The molecular weight excluding hydrogens is 152 g/mol. The maximum absolute atomic E-state index is 8.45. The van der Waals surface area contributed by atoms with E-state index in [-0.39, 0.29) is 23.9 Å². The molecule has 0 amide bonds. The van der Waals surface area contributed by atoms with Gasteiger partial charge in [-0.3, -0.25) is 0 Å². The summed E-state index contributed by atoms with van der Waals surface area (Å²) in [7, 11) is 2.79. The Bertz CT molecular complexity index is 374. The third-order valence-electron chi connectivity index (χ3n) is 3.15. The smallest absolute Gasteiger partial charge is 0.180 e. The van der Waals surface area contributed by atoms with Gasteiger partial charge in [0.15, 0.2) is 5.79 Å². The van der Waals surface area contributed by atoms with E-state index in [0.29, 0.717) is 0 Å². The molecule has 12 heavy (non-hydrogen) atoms. The molecule has 0 spiro atoms. The Kier molecular flexibility index (Phi) is 0.686. The summed E-state index contributed by atoms with van der Waals surface area (Å²) in [6, 6.07) is -0.213. The van der Waals surface area contributed by atoms with Crippen molar-refractivity contribution in [3.8, 4) is 0 Å². The van der Waals surface area contributed by atoms with Crippen LogP contribution >= 0.6 is 0 Å². The molecule has 2 nitrogen and oxygen atoms in total. The van der Waals surface area contributed by atoms with Crippen molar-refractivity contribution in [3.05, 3.63) is 12.1 Å². The summed E-state index contributed by atoms with van der Waals surface area (Å²) in [5.74, 6) is -4.35. The number of rotatable bonds is 2. The van der Waals surface area contributed by atoms with Crippen molar-refractivity contribution in [3.63, 3.8) is 0 Å². The van der Waals surface area contributed by atoms with E-state index < -0.39 is 17.6 Å². The Balaban J connectivity index is 2.28. The molecule has 2 heteroatoms. The highest BCUT2D eigenvalue weighted by Gasteiger charge is 2.69. The Morgan fingerprint density at radius 3 is 2.17 bits per heavy atom. The van der Waals surface area contributed by atoms with E-state index in [0.717, 1.165) is 6.42 Å². The zero-order valence-corrected chi connectivity index (χ0v) is 7.18. The molecule has 2 saturated carbocycles. The minimum absolute atomic E-state index is 0.0634. The predicted octanol–water partition coefficient (Wildman–Crippen LogP) is 1.43. The Hall–Kier alpha value is -0.340. The maximum Gasteiger partial charge on any atom is 0.180 e. The lowest BCUT2D eigenvalue weighted by Crippen LogP contribution is -2.41. The fourth-order valence-electron chi connectivity index (χ4n) is 2.47. The molecular formula is C10H14O2. The molecule has 0 aliphatic heterocycles. The summed E-state index contributed by atoms with van der Waals surface area (Å²) in [5.41, 5.74) is 0. The molecule has 0 radical (unpaired) electrons. The average Bonchev–Trinajstić information content (AvgIpc) is 3.03. The van der Waals surface area contributed by atoms with E-state index in [2.05, 4.69) is 0 Å². The number of ether oxygens (including phenoxy) is 2. The van der Waals surface area contributed by atoms with E-state index in [1.165, 1.54) is 14.2 Å². The van der Waals surface area contributed by atoms with Crippen LogP contribution in [-0.2, 0) is 9.47 Å². The number of methoxy groups -OCH3 is 2. The highest BCUT2D eigenvalue weighted by molar-refractivity contribution is 5.28. The average molecular weight is 170 g/mol. The van der Waals surface area contributed by atoms with Crippen molar-refractivity contribution in [1.29, 1.82) is 0 Å². The van der Waals surface area contributed by atoms with Crippen molar-refractivity contribution in [1.82, 2.24) is 0 Å². The first-order valence-electron chi connectivity index (χ1n) is 6.20. The van der Waals surface area contributed by atoms with Crippen molar-refractivity contribution in [2.45, 2.75) is 12.2 Å². The molecule has 2 bridgehead atoms. The molecule has 4 atom stereocenters. The van der Waals surface area contributed by atoms with Crippen LogP contribution < -0.4 is 0 Å². The van der Waals surface area contributed by atoms with Crippen LogP contribution in [0.2, 0.25) is 0 Å². The Morgan fingerprint density at radius 2 is 1.83 bits per heavy atom. The van der Waals surface area contributed by atoms with Gasteiger partial charge in [-0.1, -0.05) is 12.1 Å². The van der Waals surface area contributed by atoms with Crippen LogP contribution in [0.1, 0.15) is 11.9 Å². The molecule has 0 heterocycles. The van der Waals surface area contributed by atoms with Crippen LogP contribution in [0.25, 0.3) is 0 Å².